The third-order valence-electron chi connectivity index (χ3n) is 6.26. The van der Waals surface area contributed by atoms with E-state index in [-0.39, 0.29) is 25.5 Å². The third-order valence-corrected chi connectivity index (χ3v) is 6.26. The summed E-state index contributed by atoms with van der Waals surface area (Å²) in [5.74, 6) is 0. The summed E-state index contributed by atoms with van der Waals surface area (Å²) in [5, 5.41) is 0. The zero-order chi connectivity index (χ0) is 24.7. The van der Waals surface area contributed by atoms with E-state index in [4.69, 9.17) is 4.74 Å². The molecule has 34 heavy (non-hydrogen) atoms. The van der Waals surface area contributed by atoms with Gasteiger partial charge in [0.05, 0.1) is 12.2 Å². The van der Waals surface area contributed by atoms with Gasteiger partial charge in [0.2, 0.25) is 0 Å². The number of ether oxygens (including phenoxy) is 1. The molecule has 2 aromatic carbocycles. The molecule has 2 unspecified atom stereocenters. The van der Waals surface area contributed by atoms with Crippen molar-refractivity contribution >= 4 is 28.6 Å². The summed E-state index contributed by atoms with van der Waals surface area (Å²) in [6.45, 7) is 4.58. The van der Waals surface area contributed by atoms with E-state index in [1.54, 1.807) is 0 Å². The number of hydrogen-bond acceptors (Lipinski definition) is 1. The molecule has 0 spiro atoms. The molecule has 0 aliphatic carbocycles. The van der Waals surface area contributed by atoms with Crippen LogP contribution in [0.3, 0.4) is 0 Å². The SMILES string of the molecule is CCCCCCCC(Cc1ccccc1)OC(CCCCCCC)Cc1ccccc1.[I][Sm][I]. The standard InChI is InChI=1S/C30H46O.2HI.Sm/c1-3-5-7-9-17-23-29(25-27-19-13-11-14-20-27)31-30(24-18-10-8-6-4-2)26-28-21-15-12-16-22-28;;;/h11-16,19-22,29-30H,3-10,17-18,23-26H2,1-2H3;2*1H;/q;;;+2/p-2. The van der Waals surface area contributed by atoms with Crippen LogP contribution in [0.2, 0.25) is 0 Å². The quantitative estimate of drug-likeness (QED) is 0.107. The fourth-order valence-corrected chi connectivity index (χ4v) is 4.41. The van der Waals surface area contributed by atoms with Crippen LogP contribution < -0.4 is 0 Å². The predicted octanol–water partition coefficient (Wildman–Crippen LogP) is 10.7. The average molecular weight is 827 g/mol. The molecule has 4 heteroatoms. The van der Waals surface area contributed by atoms with Crippen LogP contribution in [-0.4, -0.2) is 12.2 Å². The Hall–Kier alpha value is 1.20. The molecule has 0 amide bonds. The Labute approximate surface area is 243 Å². The van der Waals surface area contributed by atoms with Gasteiger partial charge in [-0.1, -0.05) is 139 Å². The van der Waals surface area contributed by atoms with Gasteiger partial charge in [0.15, 0.2) is 0 Å². The summed E-state index contributed by atoms with van der Waals surface area (Å²) in [6, 6.07) is 21.9. The number of benzene rings is 2. The second kappa shape index (κ2) is 24.5. The van der Waals surface area contributed by atoms with Gasteiger partial charge in [-0.3, -0.25) is 0 Å². The molecule has 0 heterocycles. The number of rotatable bonds is 18. The molecule has 0 aliphatic rings. The molecule has 2 atom stereocenters. The molecule has 2 aromatic rings. The van der Waals surface area contributed by atoms with E-state index in [0.29, 0.717) is 12.2 Å². The van der Waals surface area contributed by atoms with Gasteiger partial charge >= 0.3 is 54.0 Å². The van der Waals surface area contributed by atoms with Crippen molar-refractivity contribution in [1.29, 1.82) is 0 Å². The predicted molar refractivity (Wildman–Crippen MR) is 164 cm³/mol. The molecule has 2 rings (SSSR count). The van der Waals surface area contributed by atoms with Crippen LogP contribution in [0.5, 0.6) is 0 Å². The van der Waals surface area contributed by atoms with E-state index in [2.05, 4.69) is 103 Å². The van der Waals surface area contributed by atoms with Crippen molar-refractivity contribution < 1.29 is 30.2 Å². The Bertz CT molecular complexity index is 611. The molecule has 0 bridgehead atoms. The van der Waals surface area contributed by atoms with Crippen LogP contribution in [0.15, 0.2) is 60.7 Å². The van der Waals surface area contributed by atoms with Gasteiger partial charge in [0, 0.05) is 0 Å². The number of halogens is 2. The van der Waals surface area contributed by atoms with E-state index < -0.39 is 0 Å². The van der Waals surface area contributed by atoms with Gasteiger partial charge in [-0.05, 0) is 36.8 Å². The second-order valence-electron chi connectivity index (χ2n) is 9.22. The van der Waals surface area contributed by atoms with E-state index in [1.165, 1.54) is 88.2 Å². The Morgan fingerprint density at radius 3 is 1.29 bits per heavy atom. The average Bonchev–Trinajstić information content (AvgIpc) is 2.85. The van der Waals surface area contributed by atoms with E-state index in [0.717, 1.165) is 12.8 Å². The van der Waals surface area contributed by atoms with Crippen molar-refractivity contribution in [3.63, 3.8) is 0 Å². The van der Waals surface area contributed by atoms with Gasteiger partial charge in [0.25, 0.3) is 0 Å². The summed E-state index contributed by atoms with van der Waals surface area (Å²) in [4.78, 5) is 0. The molecular weight excluding hydrogens is 780 g/mol. The first-order chi connectivity index (χ1) is 16.7. The summed E-state index contributed by atoms with van der Waals surface area (Å²) >= 11 is 5.07. The molecule has 0 aromatic heterocycles. The monoisotopic (exact) mass is 828 g/mol. The number of unbranched alkanes of at least 4 members (excludes halogenated alkanes) is 8. The van der Waals surface area contributed by atoms with E-state index >= 15 is 0 Å². The maximum atomic E-state index is 6.87. The number of hydrogen-bond donors (Lipinski definition) is 0. The van der Waals surface area contributed by atoms with Gasteiger partial charge in [-0.2, -0.15) is 0 Å². The molecule has 0 saturated carbocycles. The molecular formula is C30H46I2OSm. The first kappa shape index (κ1) is 33.2. The summed E-state index contributed by atoms with van der Waals surface area (Å²) in [7, 11) is 0. The van der Waals surface area contributed by atoms with Crippen molar-refractivity contribution in [3.05, 3.63) is 71.8 Å². The first-order valence-corrected chi connectivity index (χ1v) is 28.4. The van der Waals surface area contributed by atoms with Crippen molar-refractivity contribution in [2.45, 2.75) is 116 Å². The van der Waals surface area contributed by atoms with Crippen LogP contribution in [0, 0.1) is 25.5 Å². The molecule has 0 fully saturated rings. The molecule has 0 radical (unpaired) electrons. The molecule has 0 saturated heterocycles. The van der Waals surface area contributed by atoms with E-state index in [1.807, 2.05) is 0 Å². The van der Waals surface area contributed by atoms with Gasteiger partial charge in [-0.25, -0.2) is 0 Å². The topological polar surface area (TPSA) is 9.23 Å². The minimum absolute atomic E-state index is 0.190. The van der Waals surface area contributed by atoms with Gasteiger partial charge in [-0.15, -0.1) is 0 Å². The van der Waals surface area contributed by atoms with Crippen molar-refractivity contribution in [1.82, 2.24) is 0 Å². The van der Waals surface area contributed by atoms with Crippen LogP contribution in [-0.2, 0) is 17.6 Å². The van der Waals surface area contributed by atoms with Gasteiger partial charge in [0.1, 0.15) is 0 Å². The first-order valence-electron chi connectivity index (χ1n) is 13.4. The Morgan fingerprint density at radius 2 is 0.941 bits per heavy atom. The summed E-state index contributed by atoms with van der Waals surface area (Å²) in [6.07, 6.45) is 18.4. The zero-order valence-corrected chi connectivity index (χ0v) is 28.3. The zero-order valence-electron chi connectivity index (χ0n) is 21.4. The third kappa shape index (κ3) is 18.4. The van der Waals surface area contributed by atoms with Crippen molar-refractivity contribution in [2.75, 3.05) is 0 Å². The Balaban J connectivity index is 0.00000182. The fourth-order valence-electron chi connectivity index (χ4n) is 4.41. The maximum absolute atomic E-state index is 6.87. The van der Waals surface area contributed by atoms with Crippen LogP contribution >= 0.6 is 28.6 Å². The molecule has 0 aliphatic heterocycles. The van der Waals surface area contributed by atoms with Crippen molar-refractivity contribution in [3.8, 4) is 0 Å². The summed E-state index contributed by atoms with van der Waals surface area (Å²) < 4.78 is 6.87. The normalized spacial score (nSPS) is 12.6. The van der Waals surface area contributed by atoms with Crippen LogP contribution in [0.1, 0.15) is 102 Å². The van der Waals surface area contributed by atoms with Crippen LogP contribution in [0.25, 0.3) is 0 Å². The molecule has 0 N–H and O–H groups in total. The Kier molecular flexibility index (Phi) is 24.0. The molecule has 1 nitrogen and oxygen atoms in total. The Morgan fingerprint density at radius 1 is 0.588 bits per heavy atom. The minimum atomic E-state index is 0.190. The van der Waals surface area contributed by atoms with Crippen molar-refractivity contribution in [2.24, 2.45) is 0 Å². The summed E-state index contributed by atoms with van der Waals surface area (Å²) in [5.41, 5.74) is 2.81. The molecule has 192 valence electrons. The fraction of sp³-hybridized carbons (Fsp3) is 0.600. The van der Waals surface area contributed by atoms with Crippen LogP contribution in [0.4, 0.5) is 0 Å². The second-order valence-corrected chi connectivity index (χ2v) is 28.6. The van der Waals surface area contributed by atoms with Gasteiger partial charge < -0.3 is 4.74 Å². The van der Waals surface area contributed by atoms with E-state index in [9.17, 15) is 0 Å².